The molecule has 0 spiro atoms. The number of methoxy groups -OCH3 is 2. The smallest absolute Gasteiger partial charge is 0.357 e. The van der Waals surface area contributed by atoms with E-state index in [0.717, 1.165) is 17.4 Å². The van der Waals surface area contributed by atoms with Gasteiger partial charge in [0.05, 0.1) is 57.3 Å². The summed E-state index contributed by atoms with van der Waals surface area (Å²) in [5, 5.41) is 29.0. The molecule has 12 rings (SSSR count). The molecule has 9 aromatic rings. The number of para-hydroxylation sites is 1. The number of esters is 1. The molecule has 548 valence electrons. The number of rotatable bonds is 19. The van der Waals surface area contributed by atoms with Crippen LogP contribution in [-0.4, -0.2) is 212 Å². The minimum Gasteiger partial charge on any atom is -0.497 e. The molecule has 0 aliphatic carbocycles. The highest BCUT2D eigenvalue weighted by Crippen LogP contribution is 2.39. The number of benzene rings is 5. The lowest BCUT2D eigenvalue weighted by atomic mass is 10.1. The maximum atomic E-state index is 13.4. The first-order chi connectivity index (χ1) is 49.8. The highest BCUT2D eigenvalue weighted by molar-refractivity contribution is 7.12. The number of anilines is 3. The summed E-state index contributed by atoms with van der Waals surface area (Å²) >= 11 is 14.0. The number of ether oxygens (including phenoxy) is 3. The zero-order valence-electron chi connectivity index (χ0n) is 59.4. The number of piperazine rings is 3. The predicted octanol–water partition coefficient (Wildman–Crippen LogP) is 9.71. The van der Waals surface area contributed by atoms with Gasteiger partial charge in [0.15, 0.2) is 0 Å². The molecule has 0 atom stereocenters. The van der Waals surface area contributed by atoms with E-state index in [2.05, 4.69) is 0 Å². The number of nitrogens with zero attached hydrogens (tertiary/aromatic N) is 13. The van der Waals surface area contributed by atoms with Gasteiger partial charge in [-0.2, -0.15) is 0 Å². The molecule has 0 bridgehead atoms. The van der Waals surface area contributed by atoms with Gasteiger partial charge in [0.25, 0.3) is 23.3 Å². The Morgan fingerprint density at radius 3 is 1.37 bits per heavy atom. The second kappa shape index (κ2) is 33.8. The molecule has 7 heterocycles. The Morgan fingerprint density at radius 1 is 0.519 bits per heavy atom. The van der Waals surface area contributed by atoms with Crippen LogP contribution in [-0.2, 0) is 24.9 Å². The normalized spacial score (nSPS) is 14.0. The average Bonchev–Trinajstić information content (AvgIpc) is 1.47. The fourth-order valence-corrected chi connectivity index (χ4v) is 14.1. The lowest BCUT2D eigenvalue weighted by Gasteiger charge is -2.37. The summed E-state index contributed by atoms with van der Waals surface area (Å²) in [4.78, 5) is 130. The molecule has 27 nitrogen and oxygen atoms in total. The second-order valence-corrected chi connectivity index (χ2v) is 27.8. The number of fused-ring (bicyclic) bond motifs is 3. The summed E-state index contributed by atoms with van der Waals surface area (Å²) in [6, 6.07) is 35.2. The van der Waals surface area contributed by atoms with Gasteiger partial charge < -0.3 is 67.1 Å². The monoisotopic (exact) mass is 1480 g/mol. The first kappa shape index (κ1) is 76.3. The van der Waals surface area contributed by atoms with Crippen molar-refractivity contribution in [3.8, 4) is 11.5 Å². The molecule has 0 N–H and O–H groups in total. The summed E-state index contributed by atoms with van der Waals surface area (Å²) in [5.41, 5.74) is 1.57. The third-order valence-electron chi connectivity index (χ3n) is 18.4. The number of nitro groups is 2. The van der Waals surface area contributed by atoms with Crippen LogP contribution in [0.5, 0.6) is 11.5 Å². The molecule has 0 unspecified atom stereocenters. The molecule has 5 aromatic carbocycles. The predicted molar refractivity (Wildman–Crippen MR) is 406 cm³/mol. The van der Waals surface area contributed by atoms with E-state index in [1.54, 1.807) is 130 Å². The topological polar surface area (TPSA) is 274 Å². The van der Waals surface area contributed by atoms with E-state index in [9.17, 15) is 53.8 Å². The molecule has 3 fully saturated rings. The van der Waals surface area contributed by atoms with E-state index in [1.807, 2.05) is 99.4 Å². The van der Waals surface area contributed by atoms with Crippen LogP contribution in [0.25, 0.3) is 32.7 Å². The molecule has 0 saturated carbocycles. The van der Waals surface area contributed by atoms with E-state index in [0.29, 0.717) is 170 Å². The van der Waals surface area contributed by atoms with Crippen LogP contribution in [0.2, 0.25) is 10.0 Å². The van der Waals surface area contributed by atoms with Gasteiger partial charge in [-0.1, -0.05) is 47.5 Å². The van der Waals surface area contributed by atoms with Crippen molar-refractivity contribution < 1.29 is 43.2 Å². The lowest BCUT2D eigenvalue weighted by Crippen LogP contribution is -2.49. The quantitative estimate of drug-likeness (QED) is 0.0414. The number of amides is 3. The van der Waals surface area contributed by atoms with Gasteiger partial charge in [-0.05, 0) is 157 Å². The number of pyridine rings is 3. The third-order valence-corrected chi connectivity index (χ3v) is 19.7. The Labute approximate surface area is 613 Å². The molecule has 3 aliphatic heterocycles. The van der Waals surface area contributed by atoms with Crippen LogP contribution in [0.15, 0.2) is 141 Å². The van der Waals surface area contributed by atoms with E-state index in [-0.39, 0.29) is 46.3 Å². The summed E-state index contributed by atoms with van der Waals surface area (Å²) < 4.78 is 20.1. The molecule has 30 heteroatoms. The fourth-order valence-electron chi connectivity index (χ4n) is 13.1. The van der Waals surface area contributed by atoms with Crippen LogP contribution in [0.4, 0.5) is 28.4 Å². The van der Waals surface area contributed by atoms with Crippen molar-refractivity contribution in [1.29, 1.82) is 0 Å². The van der Waals surface area contributed by atoms with E-state index < -0.39 is 38.3 Å². The Bertz CT molecular complexity index is 4850. The van der Waals surface area contributed by atoms with Crippen LogP contribution in [0.3, 0.4) is 0 Å². The second-order valence-electron chi connectivity index (χ2n) is 25.9. The summed E-state index contributed by atoms with van der Waals surface area (Å²) in [7, 11) is 12.4. The van der Waals surface area contributed by atoms with Crippen LogP contribution < -0.4 is 40.9 Å². The molecular formula is C74H83Cl2N13O14S. The summed E-state index contributed by atoms with van der Waals surface area (Å²) in [5.74, 6) is 0.474. The van der Waals surface area contributed by atoms with Crippen LogP contribution in [0, 0.1) is 20.2 Å². The van der Waals surface area contributed by atoms with E-state index in [1.165, 1.54) is 25.0 Å². The Hall–Kier alpha value is -10.4. The highest BCUT2D eigenvalue weighted by atomic mass is 35.5. The third kappa shape index (κ3) is 17.0. The Balaban J connectivity index is 0.000000168. The van der Waals surface area contributed by atoms with E-state index in [4.69, 9.17) is 37.4 Å². The van der Waals surface area contributed by atoms with Crippen molar-refractivity contribution in [3.05, 3.63) is 210 Å². The van der Waals surface area contributed by atoms with Crippen molar-refractivity contribution in [2.24, 2.45) is 7.05 Å². The molecular weight excluding hydrogens is 1400 g/mol. The number of thiophene rings is 1. The molecule has 3 saturated heterocycles. The standard InChI is InChI=1S/C26H30ClN5O5.C25H28ClN5O5.C23H25N3O4S/c1-28(2)11-4-12-31-22-10-7-19(27)17-21(22)23(24(26(31)34)32(35)36)29-13-15-30(16-14-29)25(33)18-5-8-20(37-3)9-6-18;1-27(2)10-15-30-21-9-6-18(26)16-20(21)22(23(25(30)33)31(34)35)28-11-13-29(14-12-28)24(32)17-4-7-19(36-3)8-5-17;1-15(2)30-23(29)19-20(16-7-4-5-8-17(16)24(3)22(19)28)25-10-12-26(13-11-25)21(27)18-9-6-14-31-18/h5-10,17H,4,11-16H2,1-3H3;4-9,16H,10-15H2,1-3H3;4-9,14-15H,10-13H2,1-3H3. The van der Waals surface area contributed by atoms with Crippen molar-refractivity contribution in [1.82, 2.24) is 38.2 Å². The van der Waals surface area contributed by atoms with Gasteiger partial charge in [-0.3, -0.25) is 49.0 Å². The number of carbonyl (C=O) groups is 4. The molecule has 0 radical (unpaired) electrons. The van der Waals surface area contributed by atoms with Crippen molar-refractivity contribution >= 4 is 119 Å². The van der Waals surface area contributed by atoms with Crippen molar-refractivity contribution in [3.63, 3.8) is 0 Å². The minimum absolute atomic E-state index is 0.0166. The Kier molecular flexibility index (Phi) is 24.8. The molecule has 4 aromatic heterocycles. The number of hydrogen-bond donors (Lipinski definition) is 0. The number of likely N-dealkylation sites (N-methyl/N-ethyl adjacent to an activating group) is 1. The number of hydrogen-bond acceptors (Lipinski definition) is 20. The first-order valence-electron chi connectivity index (χ1n) is 33.9. The zero-order chi connectivity index (χ0) is 74.8. The highest BCUT2D eigenvalue weighted by Gasteiger charge is 2.36. The van der Waals surface area contributed by atoms with Crippen molar-refractivity contribution in [2.45, 2.75) is 39.5 Å². The zero-order valence-corrected chi connectivity index (χ0v) is 61.7. The molecule has 3 aliphatic rings. The summed E-state index contributed by atoms with van der Waals surface area (Å²) in [6.45, 7) is 10.3. The molecule has 3 amide bonds. The van der Waals surface area contributed by atoms with Gasteiger partial charge in [0.2, 0.25) is 0 Å². The minimum atomic E-state index is -0.650. The van der Waals surface area contributed by atoms with E-state index >= 15 is 0 Å². The maximum Gasteiger partial charge on any atom is 0.357 e. The SMILES string of the molecule is CC(C)OC(=O)c1c(N2CCN(C(=O)c3cccs3)CC2)c2ccccc2n(C)c1=O.COc1ccc(C(=O)N2CCN(c3c([N+](=O)[O-])c(=O)n(CCCN(C)C)c4ccc(Cl)cc34)CC2)cc1.COc1ccc(C(=O)N2CCN(c3c([N+](=O)[O-])c(=O)n(CCN(C)C)c4ccc(Cl)cc34)CC2)cc1. The van der Waals surface area contributed by atoms with Gasteiger partial charge >= 0.3 is 28.5 Å². The fraction of sp³-hybridized carbons (Fsp3) is 0.365. The van der Waals surface area contributed by atoms with Crippen molar-refractivity contribution in [2.75, 3.05) is 149 Å². The first-order valence-corrected chi connectivity index (χ1v) is 35.5. The van der Waals surface area contributed by atoms with Crippen LogP contribution >= 0.6 is 34.5 Å². The Morgan fingerprint density at radius 2 is 0.952 bits per heavy atom. The van der Waals surface area contributed by atoms with Gasteiger partial charge in [-0.15, -0.1) is 11.3 Å². The number of carbonyl (C=O) groups excluding carboxylic acids is 4. The number of aryl methyl sites for hydroxylation is 2. The largest absolute Gasteiger partial charge is 0.497 e. The number of aromatic nitrogens is 3. The average molecular weight is 1480 g/mol. The van der Waals surface area contributed by atoms with Gasteiger partial charge in [-0.25, -0.2) is 4.79 Å². The van der Waals surface area contributed by atoms with Gasteiger partial charge in [0, 0.05) is 143 Å². The summed E-state index contributed by atoms with van der Waals surface area (Å²) in [6.07, 6.45) is 0.324. The number of halogens is 2. The van der Waals surface area contributed by atoms with Gasteiger partial charge in [0.1, 0.15) is 28.4 Å². The lowest BCUT2D eigenvalue weighted by molar-refractivity contribution is -0.385. The maximum absolute atomic E-state index is 13.4. The van der Waals surface area contributed by atoms with Crippen LogP contribution in [0.1, 0.15) is 61.0 Å². The molecule has 104 heavy (non-hydrogen) atoms.